The number of hydrogen-bond donors (Lipinski definition) is 3. The SMILES string of the molecule is COCC(O)CN1CCC(Nc2cccc3c2cc(C#CCNc2ccc(S(C)=O)cc2C)n3CC(F)(F)F)CC1. The number of nitrogens with zero attached hydrogens (tertiary/aromatic N) is 2. The van der Waals surface area contributed by atoms with Crippen molar-refractivity contribution in [3.8, 4) is 11.8 Å². The number of aliphatic hydroxyl groups excluding tert-OH is 1. The molecule has 1 fully saturated rings. The van der Waals surface area contributed by atoms with Gasteiger partial charge in [0.15, 0.2) is 0 Å². The first kappa shape index (κ1) is 30.9. The molecule has 11 heteroatoms. The molecule has 0 bridgehead atoms. The number of methoxy groups -OCH3 is 1. The van der Waals surface area contributed by atoms with Crippen LogP contribution in [-0.4, -0.2) is 83.3 Å². The van der Waals surface area contributed by atoms with Crippen molar-refractivity contribution >= 4 is 33.1 Å². The molecule has 4 rings (SSSR count). The molecular formula is C30H37F3N4O3S. The number of rotatable bonds is 10. The van der Waals surface area contributed by atoms with Gasteiger partial charge in [0, 0.05) is 71.5 Å². The Morgan fingerprint density at radius 2 is 1.93 bits per heavy atom. The summed E-state index contributed by atoms with van der Waals surface area (Å²) in [7, 11) is 0.485. The van der Waals surface area contributed by atoms with Crippen LogP contribution in [0.4, 0.5) is 24.5 Å². The van der Waals surface area contributed by atoms with E-state index < -0.39 is 29.6 Å². The summed E-state index contributed by atoms with van der Waals surface area (Å²) in [5, 5.41) is 17.5. The molecule has 0 aliphatic carbocycles. The van der Waals surface area contributed by atoms with E-state index in [-0.39, 0.29) is 12.6 Å². The van der Waals surface area contributed by atoms with Crippen LogP contribution in [0.5, 0.6) is 0 Å². The van der Waals surface area contributed by atoms with Gasteiger partial charge in [-0.25, -0.2) is 0 Å². The second-order valence-corrected chi connectivity index (χ2v) is 11.8. The quantitative estimate of drug-likeness (QED) is 0.300. The van der Waals surface area contributed by atoms with Gasteiger partial charge in [0.1, 0.15) is 6.54 Å². The summed E-state index contributed by atoms with van der Waals surface area (Å²) in [6.07, 6.45) is -1.60. The number of aromatic nitrogens is 1. The molecule has 1 aliphatic heterocycles. The third kappa shape index (κ3) is 8.49. The fourth-order valence-corrected chi connectivity index (χ4v) is 5.78. The smallest absolute Gasteiger partial charge is 0.389 e. The van der Waals surface area contributed by atoms with Gasteiger partial charge < -0.3 is 29.9 Å². The summed E-state index contributed by atoms with van der Waals surface area (Å²) in [6, 6.07) is 12.7. The maximum absolute atomic E-state index is 13.6. The summed E-state index contributed by atoms with van der Waals surface area (Å²) < 4.78 is 58.6. The van der Waals surface area contributed by atoms with Crippen LogP contribution in [0.1, 0.15) is 24.1 Å². The van der Waals surface area contributed by atoms with Gasteiger partial charge in [-0.15, -0.1) is 0 Å². The van der Waals surface area contributed by atoms with Gasteiger partial charge in [-0.05, 0) is 67.6 Å². The van der Waals surface area contributed by atoms with Gasteiger partial charge in [-0.1, -0.05) is 12.0 Å². The second kappa shape index (κ2) is 13.7. The van der Waals surface area contributed by atoms with E-state index in [9.17, 15) is 22.5 Å². The Kier molecular flexibility index (Phi) is 10.4. The Balaban J connectivity index is 1.50. The highest BCUT2D eigenvalue weighted by Gasteiger charge is 2.30. The highest BCUT2D eigenvalue weighted by atomic mass is 32.2. The number of halogens is 3. The molecular weight excluding hydrogens is 553 g/mol. The third-order valence-corrected chi connectivity index (χ3v) is 8.09. The lowest BCUT2D eigenvalue weighted by atomic mass is 10.0. The average Bonchev–Trinajstić information content (AvgIpc) is 3.25. The molecule has 1 aliphatic rings. The number of nitrogens with one attached hydrogen (secondary N) is 2. The lowest BCUT2D eigenvalue weighted by Crippen LogP contribution is -2.43. The summed E-state index contributed by atoms with van der Waals surface area (Å²) in [4.78, 5) is 2.93. The Labute approximate surface area is 241 Å². The molecule has 41 heavy (non-hydrogen) atoms. The van der Waals surface area contributed by atoms with Gasteiger partial charge >= 0.3 is 6.18 Å². The number of aliphatic hydroxyl groups is 1. The van der Waals surface area contributed by atoms with Crippen LogP contribution in [0.25, 0.3) is 10.9 Å². The zero-order chi connectivity index (χ0) is 29.6. The summed E-state index contributed by atoms with van der Waals surface area (Å²) in [5.74, 6) is 5.91. The minimum absolute atomic E-state index is 0.167. The van der Waals surface area contributed by atoms with Crippen LogP contribution in [0.2, 0.25) is 0 Å². The number of fused-ring (bicyclic) bond motifs is 1. The van der Waals surface area contributed by atoms with Gasteiger partial charge in [0.2, 0.25) is 0 Å². The maximum atomic E-state index is 13.6. The van der Waals surface area contributed by atoms with E-state index in [0.29, 0.717) is 29.7 Å². The van der Waals surface area contributed by atoms with Crippen LogP contribution in [-0.2, 0) is 22.1 Å². The Hall–Kier alpha value is -3.04. The van der Waals surface area contributed by atoms with Crippen molar-refractivity contribution in [2.24, 2.45) is 0 Å². The first-order chi connectivity index (χ1) is 19.5. The van der Waals surface area contributed by atoms with Crippen LogP contribution in [0.3, 0.4) is 0 Å². The average molecular weight is 591 g/mol. The van der Waals surface area contributed by atoms with Crippen molar-refractivity contribution in [1.29, 1.82) is 0 Å². The molecule has 2 aromatic carbocycles. The molecule has 1 saturated heterocycles. The molecule has 1 aromatic heterocycles. The molecule has 222 valence electrons. The zero-order valence-corrected chi connectivity index (χ0v) is 24.4. The predicted octanol–water partition coefficient (Wildman–Crippen LogP) is 4.60. The number of aryl methyl sites for hydroxylation is 1. The lowest BCUT2D eigenvalue weighted by molar-refractivity contribution is -0.140. The molecule has 3 aromatic rings. The largest absolute Gasteiger partial charge is 0.406 e. The van der Waals surface area contributed by atoms with Gasteiger partial charge in [0.25, 0.3) is 0 Å². The normalized spacial score (nSPS) is 16.3. The minimum atomic E-state index is -4.40. The van der Waals surface area contributed by atoms with Crippen LogP contribution < -0.4 is 10.6 Å². The van der Waals surface area contributed by atoms with Crippen molar-refractivity contribution in [3.05, 3.63) is 53.7 Å². The standard InChI is InChI=1S/C30H37F3N4O3S/c1-21-16-25(41(3)39)9-10-27(21)34-13-5-6-23-17-26-28(7-4-8-29(26)37(23)20-30(31,32)33)35-22-11-14-36(15-12-22)18-24(38)19-40-2/h4,7-10,16-17,22,24,34-35,38H,11-15,18-20H2,1-3H3. The van der Waals surface area contributed by atoms with E-state index in [2.05, 4.69) is 27.4 Å². The summed E-state index contributed by atoms with van der Waals surface area (Å²) >= 11 is 0. The Bertz CT molecular complexity index is 1420. The number of β-amino-alcohol motifs (C(OH)–C–C–N with tert-alkyl or cyclic N) is 1. The van der Waals surface area contributed by atoms with Crippen molar-refractivity contribution in [2.75, 3.05) is 56.8 Å². The van der Waals surface area contributed by atoms with E-state index in [1.807, 2.05) is 25.1 Å². The first-order valence-corrected chi connectivity index (χ1v) is 15.1. The van der Waals surface area contributed by atoms with Crippen molar-refractivity contribution in [3.63, 3.8) is 0 Å². The van der Waals surface area contributed by atoms with Crippen LogP contribution in [0.15, 0.2) is 47.4 Å². The molecule has 0 spiro atoms. The van der Waals surface area contributed by atoms with Gasteiger partial charge in [0.05, 0.1) is 30.5 Å². The first-order valence-electron chi connectivity index (χ1n) is 13.6. The second-order valence-electron chi connectivity index (χ2n) is 10.4. The number of piperidine rings is 1. The van der Waals surface area contributed by atoms with Crippen molar-refractivity contribution in [1.82, 2.24) is 9.47 Å². The maximum Gasteiger partial charge on any atom is 0.406 e. The van der Waals surface area contributed by atoms with Crippen LogP contribution >= 0.6 is 0 Å². The highest BCUT2D eigenvalue weighted by molar-refractivity contribution is 7.84. The number of hydrogen-bond acceptors (Lipinski definition) is 6. The minimum Gasteiger partial charge on any atom is -0.389 e. The Morgan fingerprint density at radius 1 is 1.17 bits per heavy atom. The summed E-state index contributed by atoms with van der Waals surface area (Å²) in [6.45, 7) is 3.48. The fourth-order valence-electron chi connectivity index (χ4n) is 5.17. The van der Waals surface area contributed by atoms with Crippen molar-refractivity contribution < 1.29 is 27.2 Å². The lowest BCUT2D eigenvalue weighted by Gasteiger charge is -2.34. The molecule has 3 N–H and O–H groups in total. The monoisotopic (exact) mass is 590 g/mol. The number of likely N-dealkylation sites (tertiary alicyclic amines) is 1. The van der Waals surface area contributed by atoms with E-state index >= 15 is 0 Å². The Morgan fingerprint density at radius 3 is 2.59 bits per heavy atom. The van der Waals surface area contributed by atoms with Crippen molar-refractivity contribution in [2.45, 2.75) is 49.5 Å². The van der Waals surface area contributed by atoms with E-state index in [4.69, 9.17) is 4.74 Å². The molecule has 0 saturated carbocycles. The zero-order valence-electron chi connectivity index (χ0n) is 23.6. The van der Waals surface area contributed by atoms with Gasteiger partial charge in [-0.3, -0.25) is 4.21 Å². The molecule has 7 nitrogen and oxygen atoms in total. The molecule has 2 unspecified atom stereocenters. The molecule has 0 radical (unpaired) electrons. The molecule has 2 atom stereocenters. The highest BCUT2D eigenvalue weighted by Crippen LogP contribution is 2.31. The number of alkyl halides is 3. The van der Waals surface area contributed by atoms with E-state index in [1.165, 1.54) is 4.57 Å². The topological polar surface area (TPSA) is 78.8 Å². The predicted molar refractivity (Wildman–Crippen MR) is 158 cm³/mol. The van der Waals surface area contributed by atoms with E-state index in [1.54, 1.807) is 37.6 Å². The molecule has 2 heterocycles. The fraction of sp³-hybridized carbons (Fsp3) is 0.467. The molecule has 0 amide bonds. The summed E-state index contributed by atoms with van der Waals surface area (Å²) in [5.41, 5.74) is 3.30. The van der Waals surface area contributed by atoms with Crippen LogP contribution in [0, 0.1) is 18.8 Å². The number of benzene rings is 2. The number of anilines is 2. The third-order valence-electron chi connectivity index (χ3n) is 7.17. The number of ether oxygens (including phenoxy) is 1. The van der Waals surface area contributed by atoms with E-state index in [0.717, 1.165) is 47.8 Å². The van der Waals surface area contributed by atoms with Gasteiger partial charge in [-0.2, -0.15) is 13.2 Å².